The van der Waals surface area contributed by atoms with Gasteiger partial charge in [0.25, 0.3) is 5.91 Å². The molecule has 1 unspecified atom stereocenters. The molecule has 2 N–H and O–H groups in total. The third-order valence-electron chi connectivity index (χ3n) is 5.82. The second kappa shape index (κ2) is 8.45. The Morgan fingerprint density at radius 1 is 1.15 bits per heavy atom. The van der Waals surface area contributed by atoms with Gasteiger partial charge in [0.2, 0.25) is 5.88 Å². The van der Waals surface area contributed by atoms with Crippen molar-refractivity contribution in [1.82, 2.24) is 20.1 Å². The van der Waals surface area contributed by atoms with Gasteiger partial charge in [0.15, 0.2) is 5.82 Å². The highest BCUT2D eigenvalue weighted by Gasteiger charge is 2.25. The standard InChI is InChI=1S/C26H19ClN4O2/c1-2-16-3-5-18(6-4-16)22-15-29-31(26(22)33)24-12-9-19(14-28-24)25(32)30-23-11-8-17-7-10-20(27)13-21(17)23/h1,3-7,9-10,12-15,23,33H,8,11H2,(H,30,32). The van der Waals surface area contributed by atoms with E-state index >= 15 is 0 Å². The van der Waals surface area contributed by atoms with E-state index in [0.29, 0.717) is 22.0 Å². The summed E-state index contributed by atoms with van der Waals surface area (Å²) in [6, 6.07) is 16.3. The van der Waals surface area contributed by atoms with E-state index in [1.165, 1.54) is 16.4 Å². The van der Waals surface area contributed by atoms with Crippen molar-refractivity contribution < 1.29 is 9.90 Å². The first-order chi connectivity index (χ1) is 16.0. The van der Waals surface area contributed by atoms with Crippen LogP contribution >= 0.6 is 11.6 Å². The van der Waals surface area contributed by atoms with Crippen molar-refractivity contribution in [3.8, 4) is 35.2 Å². The number of terminal acetylenes is 1. The van der Waals surface area contributed by atoms with Gasteiger partial charge in [-0.25, -0.2) is 4.98 Å². The zero-order valence-electron chi connectivity index (χ0n) is 17.5. The Morgan fingerprint density at radius 2 is 1.97 bits per heavy atom. The maximum Gasteiger partial charge on any atom is 0.253 e. The fourth-order valence-corrected chi connectivity index (χ4v) is 4.25. The molecule has 2 aromatic carbocycles. The maximum absolute atomic E-state index is 12.8. The normalized spacial score (nSPS) is 14.5. The molecule has 0 fully saturated rings. The molecule has 162 valence electrons. The number of benzene rings is 2. The van der Waals surface area contributed by atoms with E-state index < -0.39 is 0 Å². The third-order valence-corrected chi connectivity index (χ3v) is 6.06. The first-order valence-corrected chi connectivity index (χ1v) is 10.8. The number of amides is 1. The molecule has 0 aliphatic heterocycles. The van der Waals surface area contributed by atoms with Crippen LogP contribution in [0, 0.1) is 12.3 Å². The Balaban J connectivity index is 1.33. The lowest BCUT2D eigenvalue weighted by Crippen LogP contribution is -2.27. The average Bonchev–Trinajstić information content (AvgIpc) is 3.42. The Bertz CT molecular complexity index is 1390. The molecule has 1 aliphatic rings. The summed E-state index contributed by atoms with van der Waals surface area (Å²) < 4.78 is 1.32. The van der Waals surface area contributed by atoms with Crippen molar-refractivity contribution in [3.63, 3.8) is 0 Å². The van der Waals surface area contributed by atoms with Crippen molar-refractivity contribution in [2.45, 2.75) is 18.9 Å². The monoisotopic (exact) mass is 454 g/mol. The molecule has 2 heterocycles. The van der Waals surface area contributed by atoms with Gasteiger partial charge >= 0.3 is 0 Å². The molecular formula is C26H19ClN4O2. The van der Waals surface area contributed by atoms with Crippen molar-refractivity contribution in [2.24, 2.45) is 0 Å². The predicted octanol–water partition coefficient (Wildman–Crippen LogP) is 4.69. The highest BCUT2D eigenvalue weighted by Crippen LogP contribution is 2.33. The molecule has 5 rings (SSSR count). The van der Waals surface area contributed by atoms with Crippen LogP contribution in [0.3, 0.4) is 0 Å². The average molecular weight is 455 g/mol. The Labute approximate surface area is 195 Å². The summed E-state index contributed by atoms with van der Waals surface area (Å²) >= 11 is 6.13. The molecule has 7 heteroatoms. The second-order valence-corrected chi connectivity index (χ2v) is 8.26. The molecule has 4 aromatic rings. The molecule has 0 saturated carbocycles. The van der Waals surface area contributed by atoms with Crippen LogP contribution in [0.4, 0.5) is 0 Å². The van der Waals surface area contributed by atoms with E-state index in [9.17, 15) is 9.90 Å². The summed E-state index contributed by atoms with van der Waals surface area (Å²) in [4.78, 5) is 17.1. The molecule has 0 spiro atoms. The number of nitrogens with zero attached hydrogens (tertiary/aromatic N) is 3. The number of halogens is 1. The Kier molecular flexibility index (Phi) is 5.33. The van der Waals surface area contributed by atoms with E-state index in [1.54, 1.807) is 30.5 Å². The number of carbonyl (C=O) groups is 1. The van der Waals surface area contributed by atoms with Gasteiger partial charge < -0.3 is 10.4 Å². The van der Waals surface area contributed by atoms with Gasteiger partial charge in [-0.15, -0.1) is 6.42 Å². The van der Waals surface area contributed by atoms with Crippen LogP contribution in [0.1, 0.15) is 39.5 Å². The first-order valence-electron chi connectivity index (χ1n) is 10.4. The molecule has 2 aromatic heterocycles. The fraction of sp³-hybridized carbons (Fsp3) is 0.115. The van der Waals surface area contributed by atoms with E-state index in [-0.39, 0.29) is 17.8 Å². The number of pyridine rings is 1. The van der Waals surface area contributed by atoms with E-state index in [4.69, 9.17) is 18.0 Å². The van der Waals surface area contributed by atoms with Gasteiger partial charge in [0, 0.05) is 16.8 Å². The number of carbonyl (C=O) groups excluding carboxylic acids is 1. The van der Waals surface area contributed by atoms with Crippen LogP contribution in [-0.4, -0.2) is 25.8 Å². The molecule has 1 amide bonds. The summed E-state index contributed by atoms with van der Waals surface area (Å²) in [6.45, 7) is 0. The lowest BCUT2D eigenvalue weighted by atomic mass is 10.1. The summed E-state index contributed by atoms with van der Waals surface area (Å²) in [7, 11) is 0. The van der Waals surface area contributed by atoms with E-state index in [0.717, 1.165) is 29.5 Å². The number of rotatable bonds is 4. The minimum Gasteiger partial charge on any atom is -0.493 e. The number of nitrogens with one attached hydrogen (secondary N) is 1. The zero-order valence-corrected chi connectivity index (χ0v) is 18.3. The van der Waals surface area contributed by atoms with Crippen molar-refractivity contribution >= 4 is 17.5 Å². The number of hydrogen-bond acceptors (Lipinski definition) is 4. The topological polar surface area (TPSA) is 80.0 Å². The maximum atomic E-state index is 12.8. The first kappa shape index (κ1) is 20.8. The highest BCUT2D eigenvalue weighted by molar-refractivity contribution is 6.30. The van der Waals surface area contributed by atoms with Gasteiger partial charge in [-0.2, -0.15) is 9.78 Å². The van der Waals surface area contributed by atoms with Gasteiger partial charge in [-0.3, -0.25) is 4.79 Å². The van der Waals surface area contributed by atoms with Crippen LogP contribution in [-0.2, 0) is 6.42 Å². The molecule has 0 saturated heterocycles. The van der Waals surface area contributed by atoms with Crippen LogP contribution < -0.4 is 5.32 Å². The molecule has 33 heavy (non-hydrogen) atoms. The molecule has 0 radical (unpaired) electrons. The lowest BCUT2D eigenvalue weighted by molar-refractivity contribution is 0.0936. The summed E-state index contributed by atoms with van der Waals surface area (Å²) in [5.41, 5.74) is 4.78. The largest absolute Gasteiger partial charge is 0.493 e. The zero-order chi connectivity index (χ0) is 22.9. The summed E-state index contributed by atoms with van der Waals surface area (Å²) in [5.74, 6) is 2.70. The van der Waals surface area contributed by atoms with E-state index in [1.807, 2.05) is 30.3 Å². The van der Waals surface area contributed by atoms with Crippen LogP contribution in [0.15, 0.2) is 67.0 Å². The van der Waals surface area contributed by atoms with Crippen molar-refractivity contribution in [3.05, 3.63) is 94.3 Å². The SMILES string of the molecule is C#Cc1ccc(-c2cnn(-c3ccc(C(=O)NC4CCc5ccc(Cl)cc54)cn3)c2O)cc1. The number of aromatic hydroxyl groups is 1. The smallest absolute Gasteiger partial charge is 0.253 e. The number of aromatic nitrogens is 3. The minimum atomic E-state index is -0.217. The van der Waals surface area contributed by atoms with Gasteiger partial charge in [0.05, 0.1) is 23.4 Å². The molecule has 6 nitrogen and oxygen atoms in total. The molecule has 1 atom stereocenters. The molecular weight excluding hydrogens is 436 g/mol. The minimum absolute atomic E-state index is 0.0485. The number of fused-ring (bicyclic) bond motifs is 1. The van der Waals surface area contributed by atoms with Gasteiger partial charge in [0.1, 0.15) is 0 Å². The second-order valence-electron chi connectivity index (χ2n) is 7.83. The van der Waals surface area contributed by atoms with Crippen molar-refractivity contribution in [2.75, 3.05) is 0 Å². The quantitative estimate of drug-likeness (QED) is 0.438. The van der Waals surface area contributed by atoms with Crippen LogP contribution in [0.5, 0.6) is 5.88 Å². The molecule has 1 aliphatic carbocycles. The lowest BCUT2D eigenvalue weighted by Gasteiger charge is -2.14. The summed E-state index contributed by atoms with van der Waals surface area (Å²) in [6.07, 6.45) is 10.2. The fourth-order valence-electron chi connectivity index (χ4n) is 4.07. The van der Waals surface area contributed by atoms with Crippen molar-refractivity contribution in [1.29, 1.82) is 0 Å². The predicted molar refractivity (Wildman–Crippen MR) is 126 cm³/mol. The summed E-state index contributed by atoms with van der Waals surface area (Å²) in [5, 5.41) is 18.6. The number of hydrogen-bond donors (Lipinski definition) is 2. The Hall–Kier alpha value is -4.08. The highest BCUT2D eigenvalue weighted by atomic mass is 35.5. The van der Waals surface area contributed by atoms with Gasteiger partial charge in [-0.1, -0.05) is 35.7 Å². The van der Waals surface area contributed by atoms with E-state index in [2.05, 4.69) is 21.3 Å². The Morgan fingerprint density at radius 3 is 2.70 bits per heavy atom. The van der Waals surface area contributed by atoms with Crippen LogP contribution in [0.25, 0.3) is 16.9 Å². The van der Waals surface area contributed by atoms with Gasteiger partial charge in [-0.05, 0) is 65.9 Å². The molecule has 0 bridgehead atoms. The third kappa shape index (κ3) is 3.95. The van der Waals surface area contributed by atoms with Crippen LogP contribution in [0.2, 0.25) is 5.02 Å². The number of aryl methyl sites for hydroxylation is 1.